The molecule has 4 N–H and O–H groups in total. The second-order valence-electron chi connectivity index (χ2n) is 16.6. The van der Waals surface area contributed by atoms with Crippen molar-refractivity contribution >= 4 is 68.5 Å². The summed E-state index contributed by atoms with van der Waals surface area (Å²) in [6.07, 6.45) is -1.46. The van der Waals surface area contributed by atoms with Crippen LogP contribution in [-0.4, -0.2) is 84.6 Å². The predicted octanol–water partition coefficient (Wildman–Crippen LogP) is 11.8. The first kappa shape index (κ1) is 52.8. The molecular formula is C51H38F10N10O6. The topological polar surface area (TPSA) is 177 Å². The van der Waals surface area contributed by atoms with E-state index >= 15 is 8.78 Å². The number of fused-ring (bicyclic) bond motifs is 2. The molecule has 0 atom stereocenters. The zero-order valence-electron chi connectivity index (χ0n) is 39.5. The van der Waals surface area contributed by atoms with Gasteiger partial charge < -0.3 is 50.0 Å². The molecule has 398 valence electrons. The minimum absolute atomic E-state index is 0.0283. The summed E-state index contributed by atoms with van der Waals surface area (Å²) in [5.74, 6) is -10.8. The van der Waals surface area contributed by atoms with E-state index in [0.717, 1.165) is 24.3 Å². The molecule has 16 nitrogen and oxygen atoms in total. The SMILES string of the molecule is O=C(Nc1cccc(C(F)(F)F)c1)Nc1cc(F)c(F)c(Oc2ccc3ncc(N4CCOCC4)nc3c2)c1F.O=C(Nc1cccc(F)c1)Nc1cc(F)c(F)c(Oc2ccc3ncc(N4CCOCC4)nc3c2)c1F. The third-order valence-corrected chi connectivity index (χ3v) is 11.4. The van der Waals surface area contributed by atoms with Gasteiger partial charge in [-0.15, -0.1) is 0 Å². The van der Waals surface area contributed by atoms with Crippen LogP contribution in [0.25, 0.3) is 22.1 Å². The van der Waals surface area contributed by atoms with Gasteiger partial charge in [-0.2, -0.15) is 22.0 Å². The minimum Gasteiger partial charge on any atom is -0.451 e. The second-order valence-corrected chi connectivity index (χ2v) is 16.6. The zero-order valence-corrected chi connectivity index (χ0v) is 39.5. The van der Waals surface area contributed by atoms with Crippen LogP contribution in [0, 0.1) is 40.7 Å². The van der Waals surface area contributed by atoms with Gasteiger partial charge >= 0.3 is 18.2 Å². The molecule has 8 aromatic rings. The number of hydrogen-bond donors (Lipinski definition) is 4. The number of nitrogens with zero attached hydrogens (tertiary/aromatic N) is 6. The molecule has 0 bridgehead atoms. The number of morpholine rings is 2. The maximum absolute atomic E-state index is 15.2. The summed E-state index contributed by atoms with van der Waals surface area (Å²) in [7, 11) is 0. The van der Waals surface area contributed by atoms with E-state index in [0.29, 0.717) is 105 Å². The fourth-order valence-corrected chi connectivity index (χ4v) is 7.65. The van der Waals surface area contributed by atoms with Crippen molar-refractivity contribution in [2.75, 3.05) is 83.7 Å². The molecule has 0 radical (unpaired) electrons. The smallest absolute Gasteiger partial charge is 0.416 e. The predicted molar refractivity (Wildman–Crippen MR) is 261 cm³/mol. The first-order valence-corrected chi connectivity index (χ1v) is 22.9. The lowest BCUT2D eigenvalue weighted by molar-refractivity contribution is -0.137. The number of aromatic nitrogens is 4. The normalized spacial score (nSPS) is 13.6. The van der Waals surface area contributed by atoms with Crippen molar-refractivity contribution in [1.29, 1.82) is 0 Å². The number of ether oxygens (including phenoxy) is 4. The van der Waals surface area contributed by atoms with Crippen molar-refractivity contribution in [2.45, 2.75) is 6.18 Å². The minimum atomic E-state index is -4.66. The van der Waals surface area contributed by atoms with Crippen LogP contribution in [0.2, 0.25) is 0 Å². The van der Waals surface area contributed by atoms with Crippen molar-refractivity contribution in [3.63, 3.8) is 0 Å². The van der Waals surface area contributed by atoms with Crippen molar-refractivity contribution in [1.82, 2.24) is 19.9 Å². The summed E-state index contributed by atoms with van der Waals surface area (Å²) in [5.41, 5.74) is -0.988. The van der Waals surface area contributed by atoms with Crippen LogP contribution in [0.15, 0.2) is 109 Å². The molecule has 2 aliphatic rings. The van der Waals surface area contributed by atoms with E-state index < -0.39 is 87.4 Å². The van der Waals surface area contributed by atoms with E-state index in [4.69, 9.17) is 18.9 Å². The Kier molecular flexibility index (Phi) is 15.7. The Morgan fingerprint density at radius 1 is 0.506 bits per heavy atom. The van der Waals surface area contributed by atoms with Crippen LogP contribution >= 0.6 is 0 Å². The summed E-state index contributed by atoms with van der Waals surface area (Å²) in [4.78, 5) is 46.2. The highest BCUT2D eigenvalue weighted by Crippen LogP contribution is 2.37. The molecule has 0 unspecified atom stereocenters. The van der Waals surface area contributed by atoms with Gasteiger partial charge in [0.1, 0.15) is 29.0 Å². The third kappa shape index (κ3) is 12.7. The number of halogens is 10. The Hall–Kier alpha value is -9.04. The Bertz CT molecular complexity index is 3510. The Balaban J connectivity index is 0.000000188. The van der Waals surface area contributed by atoms with Crippen LogP contribution in [0.4, 0.5) is 87.9 Å². The van der Waals surface area contributed by atoms with Crippen molar-refractivity contribution in [2.24, 2.45) is 0 Å². The van der Waals surface area contributed by atoms with Gasteiger partial charge in [-0.05, 0) is 60.7 Å². The lowest BCUT2D eigenvalue weighted by Crippen LogP contribution is -2.36. The fraction of sp³-hybridized carbons (Fsp3) is 0.176. The summed E-state index contributed by atoms with van der Waals surface area (Å²) in [6.45, 7) is 4.64. The van der Waals surface area contributed by atoms with E-state index in [1.54, 1.807) is 18.5 Å². The van der Waals surface area contributed by atoms with Gasteiger partial charge in [0.15, 0.2) is 23.3 Å². The summed E-state index contributed by atoms with van der Waals surface area (Å²) in [5, 5.41) is 8.39. The van der Waals surface area contributed by atoms with Gasteiger partial charge in [-0.25, -0.2) is 41.5 Å². The molecule has 0 spiro atoms. The highest BCUT2D eigenvalue weighted by Gasteiger charge is 2.31. The second kappa shape index (κ2) is 22.8. The quantitative estimate of drug-likeness (QED) is 0.0754. The first-order chi connectivity index (χ1) is 36.9. The lowest BCUT2D eigenvalue weighted by Gasteiger charge is -2.27. The van der Waals surface area contributed by atoms with Gasteiger partial charge in [0.05, 0.1) is 77.8 Å². The van der Waals surface area contributed by atoms with E-state index in [2.05, 4.69) is 35.9 Å². The summed E-state index contributed by atoms with van der Waals surface area (Å²) < 4.78 is 161. The number of nitrogens with one attached hydrogen (secondary N) is 4. The van der Waals surface area contributed by atoms with Crippen LogP contribution < -0.4 is 40.5 Å². The summed E-state index contributed by atoms with van der Waals surface area (Å²) in [6, 6.07) is 15.8. The Labute approximate surface area is 428 Å². The summed E-state index contributed by atoms with van der Waals surface area (Å²) >= 11 is 0. The number of benzene rings is 6. The molecular weight excluding hydrogens is 1040 g/mol. The number of hydrogen-bond acceptors (Lipinski definition) is 12. The number of anilines is 6. The van der Waals surface area contributed by atoms with Crippen LogP contribution in [-0.2, 0) is 15.7 Å². The largest absolute Gasteiger partial charge is 0.451 e. The number of urea groups is 2. The molecule has 2 fully saturated rings. The number of rotatable bonds is 10. The first-order valence-electron chi connectivity index (χ1n) is 22.9. The number of amides is 4. The van der Waals surface area contributed by atoms with E-state index in [-0.39, 0.29) is 22.9 Å². The third-order valence-electron chi connectivity index (χ3n) is 11.4. The average molecular weight is 1080 g/mol. The van der Waals surface area contributed by atoms with Crippen LogP contribution in [0.1, 0.15) is 5.56 Å². The highest BCUT2D eigenvalue weighted by atomic mass is 19.4. The van der Waals surface area contributed by atoms with Crippen molar-refractivity contribution in [3.8, 4) is 23.0 Å². The molecule has 10 rings (SSSR count). The number of carbonyl (C=O) groups is 2. The monoisotopic (exact) mass is 1080 g/mol. The Morgan fingerprint density at radius 3 is 1.39 bits per heavy atom. The molecule has 2 aromatic heterocycles. The molecule has 6 aromatic carbocycles. The highest BCUT2D eigenvalue weighted by molar-refractivity contribution is 6.00. The number of alkyl halides is 3. The molecule has 0 saturated carbocycles. The van der Waals surface area contributed by atoms with Crippen molar-refractivity contribution in [3.05, 3.63) is 156 Å². The molecule has 4 heterocycles. The lowest BCUT2D eigenvalue weighted by atomic mass is 10.2. The van der Waals surface area contributed by atoms with E-state index in [9.17, 15) is 44.7 Å². The standard InChI is InChI=1S/C26H19F6N5O3.C25H19F4N5O3/c27-17-12-20(36-25(38)34-15-3-1-2-14(10-15)26(30,31)32)23(29)24(22(17)28)40-16-4-5-18-19(11-16)35-21(13-33-18)37-6-8-39-9-7-37;26-14-2-1-3-15(10-14)31-25(35)33-20-12-17(27)22(28)24(23(20)29)37-16-4-5-18-19(11-16)32-21(13-30-18)34-6-8-36-9-7-34/h1-5,10-13H,6-9H2,(H2,34,36,38);1-5,10-13H,6-9H2,(H2,31,33,35). The van der Waals surface area contributed by atoms with Gasteiger partial charge in [-0.1, -0.05) is 12.1 Å². The van der Waals surface area contributed by atoms with Gasteiger partial charge in [0.2, 0.25) is 23.1 Å². The van der Waals surface area contributed by atoms with E-state index in [1.807, 2.05) is 15.1 Å². The van der Waals surface area contributed by atoms with Gasteiger partial charge in [0.25, 0.3) is 0 Å². The maximum Gasteiger partial charge on any atom is 0.416 e. The van der Waals surface area contributed by atoms with Crippen LogP contribution in [0.5, 0.6) is 23.0 Å². The molecule has 2 saturated heterocycles. The molecule has 77 heavy (non-hydrogen) atoms. The van der Waals surface area contributed by atoms with Crippen LogP contribution in [0.3, 0.4) is 0 Å². The fourth-order valence-electron chi connectivity index (χ4n) is 7.65. The average Bonchev–Trinajstić information content (AvgIpc) is 3.42. The van der Waals surface area contributed by atoms with Gasteiger partial charge in [-0.3, -0.25) is 9.97 Å². The molecule has 26 heteroatoms. The van der Waals surface area contributed by atoms with Crippen molar-refractivity contribution < 1.29 is 72.4 Å². The van der Waals surface area contributed by atoms with Gasteiger partial charge in [0, 0.05) is 61.8 Å². The molecule has 2 aliphatic heterocycles. The zero-order chi connectivity index (χ0) is 54.4. The molecule has 4 amide bonds. The maximum atomic E-state index is 15.2. The van der Waals surface area contributed by atoms with E-state index in [1.165, 1.54) is 48.5 Å². The Morgan fingerprint density at radius 2 is 0.948 bits per heavy atom. The number of carbonyl (C=O) groups excluding carboxylic acids is 2. The molecule has 0 aliphatic carbocycles.